The molecule has 0 aromatic carbocycles. The van der Waals surface area contributed by atoms with Crippen LogP contribution in [0.2, 0.25) is 0 Å². The first-order chi connectivity index (χ1) is 5.88. The molecule has 78 valence electrons. The number of hydrogen-bond acceptors (Lipinski definition) is 2. The first kappa shape index (κ1) is 12.8. The van der Waals surface area contributed by atoms with Crippen molar-refractivity contribution in [2.24, 2.45) is 0 Å². The molecule has 0 heterocycles. The molecule has 1 unspecified atom stereocenters. The Morgan fingerprint density at radius 1 is 1.31 bits per heavy atom. The predicted molar refractivity (Wildman–Crippen MR) is 57.3 cm³/mol. The molecule has 0 aliphatic rings. The Labute approximate surface area is 83.6 Å². The molecule has 0 bridgehead atoms. The number of ketones is 1. The second-order valence-electron chi connectivity index (χ2n) is 4.16. The van der Waals surface area contributed by atoms with Crippen LogP contribution in [0.3, 0.4) is 0 Å². The molecule has 0 amide bonds. The largest absolute Gasteiger partial charge is 0.300 e. The lowest BCUT2D eigenvalue weighted by Crippen LogP contribution is -2.24. The number of Topliss-reactive ketones (excluding diaryl/α,β-unsaturated/α-hetero) is 1. The van der Waals surface area contributed by atoms with E-state index in [1.54, 1.807) is 0 Å². The van der Waals surface area contributed by atoms with E-state index in [-0.39, 0.29) is 10.5 Å². The zero-order chi connectivity index (χ0) is 10.5. The molecule has 0 aliphatic carbocycles. The summed E-state index contributed by atoms with van der Waals surface area (Å²) in [5.41, 5.74) is 0. The van der Waals surface area contributed by atoms with Crippen LogP contribution in [-0.2, 0) is 15.6 Å². The standard InChI is InChI=1S/C10H20O2S/c1-5-9(11)7-6-8-13(12)10(2,3)4/h5-8H2,1-4H3. The van der Waals surface area contributed by atoms with Crippen molar-refractivity contribution in [3.8, 4) is 0 Å². The van der Waals surface area contributed by atoms with Crippen molar-refractivity contribution in [3.63, 3.8) is 0 Å². The molecule has 1 atom stereocenters. The van der Waals surface area contributed by atoms with E-state index in [1.165, 1.54) is 0 Å². The number of carbonyl (C=O) groups is 1. The normalized spacial score (nSPS) is 14.2. The van der Waals surface area contributed by atoms with Gasteiger partial charge in [0, 0.05) is 34.1 Å². The molecule has 3 heteroatoms. The second kappa shape index (κ2) is 5.53. The molecule has 2 nitrogen and oxygen atoms in total. The van der Waals surface area contributed by atoms with Gasteiger partial charge in [-0.2, -0.15) is 0 Å². The Bertz CT molecular complexity index is 192. The van der Waals surface area contributed by atoms with E-state index < -0.39 is 10.8 Å². The molecule has 0 N–H and O–H groups in total. The average Bonchev–Trinajstić information content (AvgIpc) is 2.02. The molecule has 0 saturated carbocycles. The molecule has 0 saturated heterocycles. The molecular weight excluding hydrogens is 184 g/mol. The molecule has 13 heavy (non-hydrogen) atoms. The number of carbonyl (C=O) groups excluding carboxylic acids is 1. The number of rotatable bonds is 5. The molecule has 0 aromatic rings. The van der Waals surface area contributed by atoms with Crippen molar-refractivity contribution >= 4 is 16.6 Å². The molecular formula is C10H20O2S. The molecule has 0 aliphatic heterocycles. The molecule has 0 radical (unpaired) electrons. The van der Waals surface area contributed by atoms with Crippen molar-refractivity contribution in [2.45, 2.75) is 51.7 Å². The van der Waals surface area contributed by atoms with Crippen LogP contribution in [0, 0.1) is 0 Å². The summed E-state index contributed by atoms with van der Waals surface area (Å²) in [5.74, 6) is 0.917. The summed E-state index contributed by atoms with van der Waals surface area (Å²) >= 11 is 0. The molecule has 0 spiro atoms. The van der Waals surface area contributed by atoms with Gasteiger partial charge in [0.2, 0.25) is 0 Å². The summed E-state index contributed by atoms with van der Waals surface area (Å²) in [7, 11) is -0.808. The van der Waals surface area contributed by atoms with Gasteiger partial charge in [0.1, 0.15) is 5.78 Å². The first-order valence-electron chi connectivity index (χ1n) is 4.78. The lowest BCUT2D eigenvalue weighted by molar-refractivity contribution is -0.118. The maximum atomic E-state index is 11.5. The van der Waals surface area contributed by atoms with Gasteiger partial charge in [-0.15, -0.1) is 0 Å². The van der Waals surface area contributed by atoms with Crippen molar-refractivity contribution < 1.29 is 9.00 Å². The van der Waals surface area contributed by atoms with E-state index in [0.717, 1.165) is 6.42 Å². The van der Waals surface area contributed by atoms with Gasteiger partial charge in [-0.1, -0.05) is 6.92 Å². The van der Waals surface area contributed by atoms with Gasteiger partial charge in [0.25, 0.3) is 0 Å². The Hall–Kier alpha value is -0.180. The van der Waals surface area contributed by atoms with E-state index in [0.29, 0.717) is 18.6 Å². The predicted octanol–water partition coefficient (Wildman–Crippen LogP) is 2.29. The minimum Gasteiger partial charge on any atom is -0.300 e. The topological polar surface area (TPSA) is 34.1 Å². The maximum absolute atomic E-state index is 11.5. The summed E-state index contributed by atoms with van der Waals surface area (Å²) in [6, 6.07) is 0. The Balaban J connectivity index is 3.67. The van der Waals surface area contributed by atoms with Crippen LogP contribution >= 0.6 is 0 Å². The lowest BCUT2D eigenvalue weighted by atomic mass is 10.2. The molecule has 0 rings (SSSR count). The molecule has 0 aromatic heterocycles. The van der Waals surface area contributed by atoms with Crippen LogP contribution < -0.4 is 0 Å². The van der Waals surface area contributed by atoms with E-state index in [4.69, 9.17) is 0 Å². The second-order valence-corrected chi connectivity index (χ2v) is 6.48. The monoisotopic (exact) mass is 204 g/mol. The van der Waals surface area contributed by atoms with Gasteiger partial charge in [0.05, 0.1) is 0 Å². The van der Waals surface area contributed by atoms with Crippen LogP contribution in [0.25, 0.3) is 0 Å². The Morgan fingerprint density at radius 2 is 1.85 bits per heavy atom. The van der Waals surface area contributed by atoms with Gasteiger partial charge in [-0.05, 0) is 27.2 Å². The summed E-state index contributed by atoms with van der Waals surface area (Å²) in [6.45, 7) is 7.75. The van der Waals surface area contributed by atoms with Gasteiger partial charge >= 0.3 is 0 Å². The van der Waals surface area contributed by atoms with Gasteiger partial charge in [0.15, 0.2) is 0 Å². The highest BCUT2D eigenvalue weighted by atomic mass is 32.2. The van der Waals surface area contributed by atoms with Crippen molar-refractivity contribution in [2.75, 3.05) is 5.75 Å². The van der Waals surface area contributed by atoms with E-state index in [9.17, 15) is 9.00 Å². The SMILES string of the molecule is CCC(=O)CCCS(=O)C(C)(C)C. The third-order valence-electron chi connectivity index (χ3n) is 1.86. The minimum absolute atomic E-state index is 0.144. The Morgan fingerprint density at radius 3 is 2.23 bits per heavy atom. The minimum atomic E-state index is -0.808. The van der Waals surface area contributed by atoms with Crippen LogP contribution in [0.15, 0.2) is 0 Å². The maximum Gasteiger partial charge on any atom is 0.132 e. The number of hydrogen-bond donors (Lipinski definition) is 0. The highest BCUT2D eigenvalue weighted by molar-refractivity contribution is 7.86. The van der Waals surface area contributed by atoms with Gasteiger partial charge < -0.3 is 0 Å². The van der Waals surface area contributed by atoms with Crippen LogP contribution in [-0.4, -0.2) is 20.5 Å². The lowest BCUT2D eigenvalue weighted by Gasteiger charge is -2.17. The van der Waals surface area contributed by atoms with Crippen LogP contribution in [0.1, 0.15) is 47.0 Å². The van der Waals surface area contributed by atoms with Crippen molar-refractivity contribution in [1.29, 1.82) is 0 Å². The van der Waals surface area contributed by atoms with Crippen molar-refractivity contribution in [3.05, 3.63) is 0 Å². The van der Waals surface area contributed by atoms with Crippen LogP contribution in [0.4, 0.5) is 0 Å². The fraction of sp³-hybridized carbons (Fsp3) is 0.900. The highest BCUT2D eigenvalue weighted by Crippen LogP contribution is 2.12. The van der Waals surface area contributed by atoms with Crippen molar-refractivity contribution in [1.82, 2.24) is 0 Å². The average molecular weight is 204 g/mol. The zero-order valence-corrected chi connectivity index (χ0v) is 9.87. The van der Waals surface area contributed by atoms with Crippen LogP contribution in [0.5, 0.6) is 0 Å². The zero-order valence-electron chi connectivity index (χ0n) is 9.05. The molecule has 0 fully saturated rings. The Kier molecular flexibility index (Phi) is 5.45. The highest BCUT2D eigenvalue weighted by Gasteiger charge is 2.18. The summed E-state index contributed by atoms with van der Waals surface area (Å²) in [5, 5.41) is 0. The van der Waals surface area contributed by atoms with E-state index >= 15 is 0 Å². The third kappa shape index (κ3) is 5.97. The van der Waals surface area contributed by atoms with E-state index in [2.05, 4.69) is 0 Å². The quantitative estimate of drug-likeness (QED) is 0.688. The van der Waals surface area contributed by atoms with Gasteiger partial charge in [-0.3, -0.25) is 9.00 Å². The first-order valence-corrected chi connectivity index (χ1v) is 6.10. The summed E-state index contributed by atoms with van der Waals surface area (Å²) in [4.78, 5) is 10.9. The fourth-order valence-corrected chi connectivity index (χ4v) is 1.90. The van der Waals surface area contributed by atoms with Gasteiger partial charge in [-0.25, -0.2) is 0 Å². The smallest absolute Gasteiger partial charge is 0.132 e. The third-order valence-corrected chi connectivity index (χ3v) is 3.89. The van der Waals surface area contributed by atoms with E-state index in [1.807, 2.05) is 27.7 Å². The fourth-order valence-electron chi connectivity index (χ4n) is 0.883. The summed E-state index contributed by atoms with van der Waals surface area (Å²) in [6.07, 6.45) is 1.94. The summed E-state index contributed by atoms with van der Waals surface area (Å²) < 4.78 is 11.4.